The van der Waals surface area contributed by atoms with Crippen molar-refractivity contribution in [1.82, 2.24) is 10.1 Å². The van der Waals surface area contributed by atoms with E-state index in [9.17, 15) is 9.50 Å². The molecule has 0 aliphatic rings. The molecule has 0 radical (unpaired) electrons. The fourth-order valence-electron chi connectivity index (χ4n) is 1.29. The van der Waals surface area contributed by atoms with Gasteiger partial charge >= 0.3 is 0 Å². The summed E-state index contributed by atoms with van der Waals surface area (Å²) in [5, 5.41) is 13.3. The standard InChI is InChI=1S/C11H11FN2O3/c1-6(16-2)10-13-11(17-14-10)8-5-7(12)3-4-9(8)15/h3-6,15H,1-2H3. The lowest BCUT2D eigenvalue weighted by Crippen LogP contribution is -1.97. The summed E-state index contributed by atoms with van der Waals surface area (Å²) >= 11 is 0. The topological polar surface area (TPSA) is 68.4 Å². The number of aromatic nitrogens is 2. The Balaban J connectivity index is 2.40. The summed E-state index contributed by atoms with van der Waals surface area (Å²) in [5.74, 6) is -0.212. The molecule has 0 saturated carbocycles. The summed E-state index contributed by atoms with van der Waals surface area (Å²) in [6.45, 7) is 1.75. The Morgan fingerprint density at radius 1 is 1.47 bits per heavy atom. The number of rotatable bonds is 3. The van der Waals surface area contributed by atoms with Gasteiger partial charge in [-0.1, -0.05) is 5.16 Å². The lowest BCUT2D eigenvalue weighted by atomic mass is 10.2. The van der Waals surface area contributed by atoms with Gasteiger partial charge in [-0.3, -0.25) is 0 Å². The average Bonchev–Trinajstić information content (AvgIpc) is 2.80. The Hall–Kier alpha value is -1.95. The summed E-state index contributed by atoms with van der Waals surface area (Å²) in [6, 6.07) is 3.51. The van der Waals surface area contributed by atoms with Gasteiger partial charge in [-0.05, 0) is 25.1 Å². The molecule has 6 heteroatoms. The van der Waals surface area contributed by atoms with Crippen LogP contribution in [-0.2, 0) is 4.74 Å². The molecule has 1 N–H and O–H groups in total. The van der Waals surface area contributed by atoms with E-state index in [-0.39, 0.29) is 23.3 Å². The molecule has 0 aliphatic carbocycles. The van der Waals surface area contributed by atoms with Crippen LogP contribution in [0.15, 0.2) is 22.7 Å². The fraction of sp³-hybridized carbons (Fsp3) is 0.273. The highest BCUT2D eigenvalue weighted by Crippen LogP contribution is 2.29. The van der Waals surface area contributed by atoms with Crippen molar-refractivity contribution in [3.05, 3.63) is 29.8 Å². The molecule has 0 fully saturated rings. The second kappa shape index (κ2) is 4.50. The van der Waals surface area contributed by atoms with Crippen molar-refractivity contribution in [1.29, 1.82) is 0 Å². The molecule has 0 spiro atoms. The van der Waals surface area contributed by atoms with E-state index in [0.29, 0.717) is 5.82 Å². The predicted molar refractivity (Wildman–Crippen MR) is 56.8 cm³/mol. The highest BCUT2D eigenvalue weighted by atomic mass is 19.1. The van der Waals surface area contributed by atoms with Crippen LogP contribution in [0.5, 0.6) is 5.75 Å². The van der Waals surface area contributed by atoms with Crippen LogP contribution in [0.3, 0.4) is 0 Å². The summed E-state index contributed by atoms with van der Waals surface area (Å²) in [5.41, 5.74) is 0.159. The Labute approximate surface area is 96.8 Å². The van der Waals surface area contributed by atoms with Crippen LogP contribution >= 0.6 is 0 Å². The Kier molecular flexibility index (Phi) is 3.06. The van der Waals surface area contributed by atoms with Crippen LogP contribution in [0, 0.1) is 5.82 Å². The van der Waals surface area contributed by atoms with Crippen molar-refractivity contribution in [2.45, 2.75) is 13.0 Å². The molecule has 5 nitrogen and oxygen atoms in total. The number of phenolic OH excluding ortho intramolecular Hbond substituents is 1. The molecule has 0 saturated heterocycles. The quantitative estimate of drug-likeness (QED) is 0.888. The SMILES string of the molecule is COC(C)c1noc(-c2cc(F)ccc2O)n1. The van der Waals surface area contributed by atoms with Crippen LogP contribution in [-0.4, -0.2) is 22.4 Å². The first kappa shape index (κ1) is 11.5. The maximum atomic E-state index is 13.0. The highest BCUT2D eigenvalue weighted by molar-refractivity contribution is 5.61. The van der Waals surface area contributed by atoms with E-state index in [0.717, 1.165) is 12.1 Å². The molecule has 90 valence electrons. The van der Waals surface area contributed by atoms with Crippen LogP contribution in [0.2, 0.25) is 0 Å². The molecule has 2 aromatic rings. The number of benzene rings is 1. The van der Waals surface area contributed by atoms with Crippen molar-refractivity contribution in [3.8, 4) is 17.2 Å². The number of halogens is 1. The van der Waals surface area contributed by atoms with Gasteiger partial charge in [-0.25, -0.2) is 4.39 Å². The van der Waals surface area contributed by atoms with E-state index in [1.165, 1.54) is 13.2 Å². The first-order valence-electron chi connectivity index (χ1n) is 4.97. The zero-order valence-corrected chi connectivity index (χ0v) is 9.35. The maximum Gasteiger partial charge on any atom is 0.261 e. The molecular formula is C11H11FN2O3. The van der Waals surface area contributed by atoms with E-state index in [4.69, 9.17) is 9.26 Å². The van der Waals surface area contributed by atoms with Gasteiger partial charge in [-0.15, -0.1) is 0 Å². The van der Waals surface area contributed by atoms with Crippen molar-refractivity contribution in [3.63, 3.8) is 0 Å². The third-order valence-corrected chi connectivity index (χ3v) is 2.35. The molecule has 0 aliphatic heterocycles. The van der Waals surface area contributed by atoms with Crippen molar-refractivity contribution < 1.29 is 18.8 Å². The maximum absolute atomic E-state index is 13.0. The van der Waals surface area contributed by atoms with E-state index < -0.39 is 5.82 Å². The molecule has 1 aromatic heterocycles. The minimum Gasteiger partial charge on any atom is -0.507 e. The lowest BCUT2D eigenvalue weighted by molar-refractivity contribution is 0.109. The van der Waals surface area contributed by atoms with Crippen LogP contribution in [0.1, 0.15) is 18.9 Å². The van der Waals surface area contributed by atoms with Gasteiger partial charge in [-0.2, -0.15) is 4.98 Å². The molecule has 1 unspecified atom stereocenters. The van der Waals surface area contributed by atoms with Gasteiger partial charge in [0.15, 0.2) is 0 Å². The number of aromatic hydroxyl groups is 1. The van der Waals surface area contributed by atoms with Gasteiger partial charge < -0.3 is 14.4 Å². The van der Waals surface area contributed by atoms with Crippen molar-refractivity contribution >= 4 is 0 Å². The predicted octanol–water partition coefficient (Wildman–Crippen LogP) is 2.29. The fourth-order valence-corrected chi connectivity index (χ4v) is 1.29. The summed E-state index contributed by atoms with van der Waals surface area (Å²) in [4.78, 5) is 4.02. The minimum atomic E-state index is -0.489. The van der Waals surface area contributed by atoms with Crippen LogP contribution in [0.4, 0.5) is 4.39 Å². The van der Waals surface area contributed by atoms with Gasteiger partial charge in [0.05, 0.1) is 5.56 Å². The van der Waals surface area contributed by atoms with Crippen LogP contribution < -0.4 is 0 Å². The second-order valence-corrected chi connectivity index (χ2v) is 3.50. The number of hydrogen-bond acceptors (Lipinski definition) is 5. The first-order valence-corrected chi connectivity index (χ1v) is 4.97. The van der Waals surface area contributed by atoms with E-state index in [1.807, 2.05) is 0 Å². The molecule has 1 atom stereocenters. The molecular weight excluding hydrogens is 227 g/mol. The Morgan fingerprint density at radius 3 is 2.94 bits per heavy atom. The zero-order valence-electron chi connectivity index (χ0n) is 9.35. The minimum absolute atomic E-state index is 0.0564. The van der Waals surface area contributed by atoms with Gasteiger partial charge in [0.1, 0.15) is 17.7 Å². The number of nitrogens with zero attached hydrogens (tertiary/aromatic N) is 2. The lowest BCUT2D eigenvalue weighted by Gasteiger charge is -2.01. The largest absolute Gasteiger partial charge is 0.507 e. The monoisotopic (exact) mass is 238 g/mol. The second-order valence-electron chi connectivity index (χ2n) is 3.50. The average molecular weight is 238 g/mol. The van der Waals surface area contributed by atoms with Gasteiger partial charge in [0, 0.05) is 7.11 Å². The molecule has 1 aromatic carbocycles. The molecule has 1 heterocycles. The van der Waals surface area contributed by atoms with E-state index in [1.54, 1.807) is 6.92 Å². The number of ether oxygens (including phenoxy) is 1. The first-order chi connectivity index (χ1) is 8.11. The van der Waals surface area contributed by atoms with Crippen LogP contribution in [0.25, 0.3) is 11.5 Å². The summed E-state index contributed by atoms with van der Waals surface area (Å²) < 4.78 is 23.0. The molecule has 2 rings (SSSR count). The third-order valence-electron chi connectivity index (χ3n) is 2.35. The normalized spacial score (nSPS) is 12.6. The Bertz CT molecular complexity index is 527. The molecule has 0 bridgehead atoms. The smallest absolute Gasteiger partial charge is 0.261 e. The summed E-state index contributed by atoms with van der Waals surface area (Å²) in [6.07, 6.45) is -0.330. The molecule has 0 amide bonds. The highest BCUT2D eigenvalue weighted by Gasteiger charge is 2.17. The van der Waals surface area contributed by atoms with Crippen molar-refractivity contribution in [2.75, 3.05) is 7.11 Å². The summed E-state index contributed by atoms with van der Waals surface area (Å²) in [7, 11) is 1.51. The number of hydrogen-bond donors (Lipinski definition) is 1. The number of methoxy groups -OCH3 is 1. The van der Waals surface area contributed by atoms with Gasteiger partial charge in [0.25, 0.3) is 5.89 Å². The zero-order chi connectivity index (χ0) is 12.4. The number of phenols is 1. The van der Waals surface area contributed by atoms with E-state index in [2.05, 4.69) is 10.1 Å². The molecule has 17 heavy (non-hydrogen) atoms. The van der Waals surface area contributed by atoms with Crippen molar-refractivity contribution in [2.24, 2.45) is 0 Å². The van der Waals surface area contributed by atoms with Gasteiger partial charge in [0.2, 0.25) is 5.82 Å². The van der Waals surface area contributed by atoms with E-state index >= 15 is 0 Å². The Morgan fingerprint density at radius 2 is 2.24 bits per heavy atom. The third kappa shape index (κ3) is 2.26.